The van der Waals surface area contributed by atoms with Crippen LogP contribution in [0.3, 0.4) is 0 Å². The minimum Gasteiger partial charge on any atom is -0.450 e. The molecule has 0 aliphatic heterocycles. The summed E-state index contributed by atoms with van der Waals surface area (Å²) in [6, 6.07) is 0. The van der Waals surface area contributed by atoms with Crippen LogP contribution in [0.25, 0.3) is 0 Å². The van der Waals surface area contributed by atoms with E-state index in [4.69, 9.17) is 5.73 Å². The number of nitrogens with two attached hydrogens (primary N) is 1. The van der Waals surface area contributed by atoms with Crippen molar-refractivity contribution in [1.29, 1.82) is 0 Å². The van der Waals surface area contributed by atoms with E-state index in [1.807, 2.05) is 0 Å². The van der Waals surface area contributed by atoms with Gasteiger partial charge in [0.2, 0.25) is 0 Å². The van der Waals surface area contributed by atoms with Gasteiger partial charge in [-0.1, -0.05) is 64.0 Å². The van der Waals surface area contributed by atoms with E-state index in [-0.39, 0.29) is 0 Å². The van der Waals surface area contributed by atoms with Crippen LogP contribution in [0.2, 0.25) is 0 Å². The molecular weight excluding hydrogens is 250 g/mol. The monoisotopic (exact) mass is 283 g/mol. The fourth-order valence-corrected chi connectivity index (χ4v) is 2.17. The summed E-state index contributed by atoms with van der Waals surface area (Å²) in [5.74, 6) is 0. The summed E-state index contributed by atoms with van der Waals surface area (Å²) in [5, 5.41) is 0. The molecule has 1 amide bonds. The van der Waals surface area contributed by atoms with Crippen molar-refractivity contribution in [2.24, 2.45) is 5.73 Å². The summed E-state index contributed by atoms with van der Waals surface area (Å²) in [5.41, 5.74) is 4.88. The molecule has 0 saturated carbocycles. The summed E-state index contributed by atoms with van der Waals surface area (Å²) in [6.07, 6.45) is 19.1. The Bertz CT molecular complexity index is 239. The van der Waals surface area contributed by atoms with Gasteiger partial charge in [-0.15, -0.1) is 0 Å². The molecule has 0 aliphatic rings. The van der Waals surface area contributed by atoms with Crippen LogP contribution in [0.4, 0.5) is 4.79 Å². The Morgan fingerprint density at radius 3 is 1.90 bits per heavy atom. The van der Waals surface area contributed by atoms with Crippen molar-refractivity contribution in [3.8, 4) is 0 Å². The Morgan fingerprint density at radius 1 is 0.850 bits per heavy atom. The third-order valence-electron chi connectivity index (χ3n) is 3.40. The van der Waals surface area contributed by atoms with E-state index < -0.39 is 6.09 Å². The average Bonchev–Trinajstić information content (AvgIpc) is 2.43. The number of ether oxygens (including phenoxy) is 1. The fraction of sp³-hybridized carbons (Fsp3) is 0.824. The number of unbranched alkanes of at least 4 members (excludes halogenated alkanes) is 10. The first-order valence-corrected chi connectivity index (χ1v) is 8.34. The van der Waals surface area contributed by atoms with Gasteiger partial charge in [0.15, 0.2) is 0 Å². The first kappa shape index (κ1) is 19.0. The molecule has 0 heterocycles. The van der Waals surface area contributed by atoms with Gasteiger partial charge in [0, 0.05) is 0 Å². The molecule has 118 valence electrons. The van der Waals surface area contributed by atoms with Crippen LogP contribution < -0.4 is 5.73 Å². The average molecular weight is 283 g/mol. The lowest BCUT2D eigenvalue weighted by Gasteiger charge is -2.00. The lowest BCUT2D eigenvalue weighted by atomic mass is 10.1. The van der Waals surface area contributed by atoms with Gasteiger partial charge < -0.3 is 10.5 Å². The molecule has 0 aromatic carbocycles. The molecule has 20 heavy (non-hydrogen) atoms. The van der Waals surface area contributed by atoms with Gasteiger partial charge in [-0.3, -0.25) is 0 Å². The van der Waals surface area contributed by atoms with Gasteiger partial charge in [-0.25, -0.2) is 4.79 Å². The molecular formula is C17H33NO2. The molecule has 0 radical (unpaired) electrons. The lowest BCUT2D eigenvalue weighted by Crippen LogP contribution is -2.13. The minimum absolute atomic E-state index is 0.462. The van der Waals surface area contributed by atoms with Crippen LogP contribution in [0, 0.1) is 0 Å². The van der Waals surface area contributed by atoms with Crippen molar-refractivity contribution >= 4 is 6.09 Å². The van der Waals surface area contributed by atoms with Crippen LogP contribution in [0.1, 0.15) is 84.0 Å². The Hall–Kier alpha value is -0.990. The third-order valence-corrected chi connectivity index (χ3v) is 3.40. The number of primary amides is 1. The molecule has 0 aromatic heterocycles. The molecule has 0 aromatic rings. The topological polar surface area (TPSA) is 52.3 Å². The summed E-state index contributed by atoms with van der Waals surface area (Å²) >= 11 is 0. The SMILES string of the molecule is CCCCCCCC/C=C/CCCCCCOC(N)=O. The number of amides is 1. The smallest absolute Gasteiger partial charge is 0.404 e. The molecule has 3 nitrogen and oxygen atoms in total. The number of rotatable bonds is 14. The van der Waals surface area contributed by atoms with Crippen molar-refractivity contribution in [1.82, 2.24) is 0 Å². The van der Waals surface area contributed by atoms with E-state index in [1.165, 1.54) is 64.2 Å². The second-order valence-electron chi connectivity index (χ2n) is 5.40. The van der Waals surface area contributed by atoms with Crippen molar-refractivity contribution in [2.75, 3.05) is 6.61 Å². The van der Waals surface area contributed by atoms with Gasteiger partial charge in [-0.05, 0) is 32.1 Å². The summed E-state index contributed by atoms with van der Waals surface area (Å²) in [6.45, 7) is 2.72. The highest BCUT2D eigenvalue weighted by atomic mass is 16.5. The maximum absolute atomic E-state index is 10.3. The number of hydrogen-bond acceptors (Lipinski definition) is 2. The van der Waals surface area contributed by atoms with E-state index in [1.54, 1.807) is 0 Å². The number of carbonyl (C=O) groups is 1. The second-order valence-corrected chi connectivity index (χ2v) is 5.40. The molecule has 0 saturated heterocycles. The minimum atomic E-state index is -0.664. The molecule has 0 bridgehead atoms. The molecule has 0 aliphatic carbocycles. The Balaban J connectivity index is 3.07. The molecule has 0 atom stereocenters. The lowest BCUT2D eigenvalue weighted by molar-refractivity contribution is 0.154. The zero-order chi connectivity index (χ0) is 14.9. The fourth-order valence-electron chi connectivity index (χ4n) is 2.17. The first-order valence-electron chi connectivity index (χ1n) is 8.34. The largest absolute Gasteiger partial charge is 0.450 e. The predicted molar refractivity (Wildman–Crippen MR) is 85.8 cm³/mol. The van der Waals surface area contributed by atoms with Crippen LogP contribution in [-0.2, 0) is 4.74 Å². The maximum Gasteiger partial charge on any atom is 0.404 e. The van der Waals surface area contributed by atoms with Crippen LogP contribution in [-0.4, -0.2) is 12.7 Å². The summed E-state index contributed by atoms with van der Waals surface area (Å²) in [7, 11) is 0. The first-order chi connectivity index (χ1) is 9.77. The van der Waals surface area contributed by atoms with E-state index in [9.17, 15) is 4.79 Å². The quantitative estimate of drug-likeness (QED) is 0.345. The third kappa shape index (κ3) is 17.0. The van der Waals surface area contributed by atoms with Gasteiger partial charge >= 0.3 is 6.09 Å². The molecule has 3 heteroatoms. The van der Waals surface area contributed by atoms with Crippen LogP contribution in [0.15, 0.2) is 12.2 Å². The van der Waals surface area contributed by atoms with Crippen LogP contribution >= 0.6 is 0 Å². The molecule has 2 N–H and O–H groups in total. The highest BCUT2D eigenvalue weighted by Gasteiger charge is 1.93. The van der Waals surface area contributed by atoms with Crippen molar-refractivity contribution in [3.63, 3.8) is 0 Å². The Labute approximate surface area is 125 Å². The van der Waals surface area contributed by atoms with E-state index in [0.29, 0.717) is 6.61 Å². The summed E-state index contributed by atoms with van der Waals surface area (Å²) < 4.78 is 4.67. The second kappa shape index (κ2) is 16.1. The normalized spacial score (nSPS) is 11.1. The summed E-state index contributed by atoms with van der Waals surface area (Å²) in [4.78, 5) is 10.3. The highest BCUT2D eigenvalue weighted by molar-refractivity contribution is 5.64. The van der Waals surface area contributed by atoms with Crippen LogP contribution in [0.5, 0.6) is 0 Å². The highest BCUT2D eigenvalue weighted by Crippen LogP contribution is 2.08. The Kier molecular flexibility index (Phi) is 15.3. The van der Waals surface area contributed by atoms with Crippen molar-refractivity contribution in [2.45, 2.75) is 84.0 Å². The van der Waals surface area contributed by atoms with Gasteiger partial charge in [0.25, 0.3) is 0 Å². The molecule has 0 fully saturated rings. The Morgan fingerprint density at radius 2 is 1.35 bits per heavy atom. The molecule has 0 rings (SSSR count). The zero-order valence-electron chi connectivity index (χ0n) is 13.2. The van der Waals surface area contributed by atoms with Gasteiger partial charge in [0.1, 0.15) is 0 Å². The van der Waals surface area contributed by atoms with Crippen molar-refractivity contribution < 1.29 is 9.53 Å². The maximum atomic E-state index is 10.3. The van der Waals surface area contributed by atoms with E-state index in [2.05, 4.69) is 23.8 Å². The van der Waals surface area contributed by atoms with Gasteiger partial charge in [0.05, 0.1) is 6.61 Å². The standard InChI is InChI=1S/C17H33NO2/c1-2-3-4-5-6-7-8-9-10-11-12-13-14-15-16-20-17(18)19/h9-10H,2-8,11-16H2,1H3,(H2,18,19)/b10-9+. The number of carbonyl (C=O) groups excluding carboxylic acids is 1. The van der Waals surface area contributed by atoms with Gasteiger partial charge in [-0.2, -0.15) is 0 Å². The predicted octanol–water partition coefficient (Wildman–Crippen LogP) is 5.34. The number of hydrogen-bond donors (Lipinski definition) is 1. The number of allylic oxidation sites excluding steroid dienone is 2. The van der Waals surface area contributed by atoms with E-state index >= 15 is 0 Å². The van der Waals surface area contributed by atoms with E-state index in [0.717, 1.165) is 12.8 Å². The zero-order valence-corrected chi connectivity index (χ0v) is 13.2. The molecule has 0 spiro atoms. The van der Waals surface area contributed by atoms with Crippen molar-refractivity contribution in [3.05, 3.63) is 12.2 Å². The molecule has 0 unspecified atom stereocenters.